The van der Waals surface area contributed by atoms with Gasteiger partial charge in [0, 0.05) is 18.0 Å². The summed E-state index contributed by atoms with van der Waals surface area (Å²) >= 11 is 6.06. The number of nitrogens with one attached hydrogen (secondary N) is 1. The Morgan fingerprint density at radius 2 is 2.14 bits per heavy atom. The Morgan fingerprint density at radius 1 is 1.24 bits per heavy atom. The smallest absolute Gasteiger partial charge is 0.142 e. The van der Waals surface area contributed by atoms with E-state index in [0.29, 0.717) is 11.6 Å². The van der Waals surface area contributed by atoms with Crippen molar-refractivity contribution in [1.29, 1.82) is 0 Å². The van der Waals surface area contributed by atoms with Gasteiger partial charge in [-0.15, -0.1) is 0 Å². The molecule has 1 aliphatic rings. The van der Waals surface area contributed by atoms with Gasteiger partial charge in [0.25, 0.3) is 0 Å². The van der Waals surface area contributed by atoms with Gasteiger partial charge in [-0.3, -0.25) is 0 Å². The molecule has 2 aromatic rings. The summed E-state index contributed by atoms with van der Waals surface area (Å²) in [6.45, 7) is 4.12. The van der Waals surface area contributed by atoms with E-state index in [0.717, 1.165) is 36.8 Å². The van der Waals surface area contributed by atoms with Crippen LogP contribution in [0.2, 0.25) is 5.02 Å². The Morgan fingerprint density at radius 3 is 3.00 bits per heavy atom. The van der Waals surface area contributed by atoms with E-state index >= 15 is 0 Å². The molecule has 0 radical (unpaired) electrons. The van der Waals surface area contributed by atoms with Crippen LogP contribution in [0, 0.1) is 0 Å². The largest absolute Gasteiger partial charge is 0.493 e. The summed E-state index contributed by atoms with van der Waals surface area (Å²) < 4.78 is 11.1. The first-order valence-electron chi connectivity index (χ1n) is 7.17. The van der Waals surface area contributed by atoms with Crippen molar-refractivity contribution in [2.75, 3.05) is 18.5 Å². The third-order valence-corrected chi connectivity index (χ3v) is 3.71. The summed E-state index contributed by atoms with van der Waals surface area (Å²) in [6.07, 6.45) is 0.991. The number of benzene rings is 2. The van der Waals surface area contributed by atoms with Gasteiger partial charge in [0.15, 0.2) is 0 Å². The minimum Gasteiger partial charge on any atom is -0.493 e. The van der Waals surface area contributed by atoms with Gasteiger partial charge in [0.2, 0.25) is 0 Å². The Labute approximate surface area is 129 Å². The topological polar surface area (TPSA) is 30.5 Å². The van der Waals surface area contributed by atoms with Crippen LogP contribution in [0.4, 0.5) is 5.69 Å². The average Bonchev–Trinajstić information content (AvgIpc) is 2.95. The number of rotatable bonds is 5. The maximum atomic E-state index is 6.06. The molecule has 0 amide bonds. The highest BCUT2D eigenvalue weighted by Crippen LogP contribution is 2.30. The molecule has 0 aromatic heterocycles. The molecular formula is C17H18ClNO2. The number of ether oxygens (including phenoxy) is 2. The fraction of sp³-hybridized carbons (Fsp3) is 0.294. The Bertz CT molecular complexity index is 643. The molecule has 1 aliphatic heterocycles. The lowest BCUT2D eigenvalue weighted by Crippen LogP contribution is -2.03. The molecule has 0 atom stereocenters. The first-order chi connectivity index (χ1) is 10.3. The van der Waals surface area contributed by atoms with Crippen LogP contribution in [-0.4, -0.2) is 13.2 Å². The summed E-state index contributed by atoms with van der Waals surface area (Å²) in [5, 5.41) is 4.09. The number of halogens is 1. The van der Waals surface area contributed by atoms with Crippen molar-refractivity contribution in [2.24, 2.45) is 0 Å². The van der Waals surface area contributed by atoms with Gasteiger partial charge in [-0.05, 0) is 42.3 Å². The van der Waals surface area contributed by atoms with Gasteiger partial charge in [0.1, 0.15) is 11.5 Å². The maximum Gasteiger partial charge on any atom is 0.142 e. The highest BCUT2D eigenvalue weighted by Gasteiger charge is 2.12. The lowest BCUT2D eigenvalue weighted by molar-refractivity contribution is 0.341. The molecule has 0 saturated carbocycles. The van der Waals surface area contributed by atoms with Crippen LogP contribution >= 0.6 is 11.6 Å². The molecule has 21 heavy (non-hydrogen) atoms. The lowest BCUT2D eigenvalue weighted by atomic mass is 10.1. The molecular weight excluding hydrogens is 286 g/mol. The third-order valence-electron chi connectivity index (χ3n) is 3.48. The zero-order chi connectivity index (χ0) is 14.7. The SMILES string of the molecule is CCOc1ccc(Cl)cc1NCc1ccc2c(c1)CCO2. The van der Waals surface area contributed by atoms with Crippen LogP contribution in [-0.2, 0) is 13.0 Å². The first-order valence-corrected chi connectivity index (χ1v) is 7.55. The quantitative estimate of drug-likeness (QED) is 0.894. The van der Waals surface area contributed by atoms with Crippen LogP contribution in [0.5, 0.6) is 11.5 Å². The van der Waals surface area contributed by atoms with Crippen LogP contribution in [0.25, 0.3) is 0 Å². The van der Waals surface area contributed by atoms with Crippen molar-refractivity contribution in [3.63, 3.8) is 0 Å². The van der Waals surface area contributed by atoms with Gasteiger partial charge in [-0.25, -0.2) is 0 Å². The van der Waals surface area contributed by atoms with E-state index in [1.54, 1.807) is 0 Å². The number of anilines is 1. The molecule has 1 N–H and O–H groups in total. The van der Waals surface area contributed by atoms with Gasteiger partial charge >= 0.3 is 0 Å². The zero-order valence-corrected chi connectivity index (χ0v) is 12.7. The first kappa shape index (κ1) is 14.1. The maximum absolute atomic E-state index is 6.06. The van der Waals surface area contributed by atoms with Gasteiger partial charge in [-0.2, -0.15) is 0 Å². The summed E-state index contributed by atoms with van der Waals surface area (Å²) in [7, 11) is 0. The molecule has 4 heteroatoms. The van der Waals surface area contributed by atoms with Gasteiger partial charge < -0.3 is 14.8 Å². The fourth-order valence-corrected chi connectivity index (χ4v) is 2.64. The minimum absolute atomic E-state index is 0.631. The van der Waals surface area contributed by atoms with Crippen molar-refractivity contribution >= 4 is 17.3 Å². The molecule has 0 unspecified atom stereocenters. The minimum atomic E-state index is 0.631. The molecule has 0 fully saturated rings. The average molecular weight is 304 g/mol. The highest BCUT2D eigenvalue weighted by molar-refractivity contribution is 6.30. The third kappa shape index (κ3) is 3.24. The molecule has 3 rings (SSSR count). The molecule has 0 saturated heterocycles. The predicted octanol–water partition coefficient (Wildman–Crippen LogP) is 4.29. The molecule has 0 bridgehead atoms. The molecule has 2 aromatic carbocycles. The number of fused-ring (bicyclic) bond motifs is 1. The zero-order valence-electron chi connectivity index (χ0n) is 12.0. The van der Waals surface area contributed by atoms with Crippen molar-refractivity contribution in [3.05, 3.63) is 52.5 Å². The van der Waals surface area contributed by atoms with E-state index in [1.807, 2.05) is 31.2 Å². The van der Waals surface area contributed by atoms with Crippen LogP contribution in [0.1, 0.15) is 18.1 Å². The Balaban J connectivity index is 1.74. The van der Waals surface area contributed by atoms with Crippen molar-refractivity contribution in [1.82, 2.24) is 0 Å². The van der Waals surface area contributed by atoms with Crippen LogP contribution < -0.4 is 14.8 Å². The van der Waals surface area contributed by atoms with E-state index < -0.39 is 0 Å². The summed E-state index contributed by atoms with van der Waals surface area (Å²) in [4.78, 5) is 0. The fourth-order valence-electron chi connectivity index (χ4n) is 2.47. The molecule has 3 nitrogen and oxygen atoms in total. The second-order valence-electron chi connectivity index (χ2n) is 4.97. The van der Waals surface area contributed by atoms with Crippen LogP contribution in [0.3, 0.4) is 0 Å². The van der Waals surface area contributed by atoms with E-state index in [4.69, 9.17) is 21.1 Å². The second-order valence-corrected chi connectivity index (χ2v) is 5.40. The van der Waals surface area contributed by atoms with Crippen molar-refractivity contribution < 1.29 is 9.47 Å². The van der Waals surface area contributed by atoms with Crippen molar-refractivity contribution in [3.8, 4) is 11.5 Å². The molecule has 0 aliphatic carbocycles. The normalized spacial score (nSPS) is 12.7. The van der Waals surface area contributed by atoms with Gasteiger partial charge in [0.05, 0.1) is 18.9 Å². The number of hydrogen-bond acceptors (Lipinski definition) is 3. The Kier molecular flexibility index (Phi) is 4.20. The monoisotopic (exact) mass is 303 g/mol. The highest BCUT2D eigenvalue weighted by atomic mass is 35.5. The van der Waals surface area contributed by atoms with E-state index in [1.165, 1.54) is 11.1 Å². The van der Waals surface area contributed by atoms with Gasteiger partial charge in [-0.1, -0.05) is 23.7 Å². The van der Waals surface area contributed by atoms with E-state index in [2.05, 4.69) is 17.4 Å². The van der Waals surface area contributed by atoms with E-state index in [-0.39, 0.29) is 0 Å². The molecule has 0 spiro atoms. The lowest BCUT2D eigenvalue weighted by Gasteiger charge is -2.13. The number of hydrogen-bond donors (Lipinski definition) is 1. The summed E-state index contributed by atoms with van der Waals surface area (Å²) in [5.41, 5.74) is 3.42. The molecule has 110 valence electrons. The van der Waals surface area contributed by atoms with E-state index in [9.17, 15) is 0 Å². The standard InChI is InChI=1S/C17H18ClNO2/c1-2-20-17-6-4-14(18)10-15(17)19-11-12-3-5-16-13(9-12)7-8-21-16/h3-6,9-10,19H,2,7-8,11H2,1H3. The van der Waals surface area contributed by atoms with Crippen LogP contribution in [0.15, 0.2) is 36.4 Å². The summed E-state index contributed by atoms with van der Waals surface area (Å²) in [6, 6.07) is 11.9. The second kappa shape index (κ2) is 6.27. The molecule has 1 heterocycles. The summed E-state index contributed by atoms with van der Waals surface area (Å²) in [5.74, 6) is 1.84. The van der Waals surface area contributed by atoms with Crippen molar-refractivity contribution in [2.45, 2.75) is 19.9 Å². The predicted molar refractivity (Wildman–Crippen MR) is 85.6 cm³/mol. The Hall–Kier alpha value is -1.87.